The predicted molar refractivity (Wildman–Crippen MR) is 133 cm³/mol. The maximum atomic E-state index is 5.56. The van der Waals surface area contributed by atoms with Gasteiger partial charge < -0.3 is 19.3 Å². The average molecular weight is 442 g/mol. The lowest BCUT2D eigenvalue weighted by Crippen LogP contribution is -2.25. The van der Waals surface area contributed by atoms with Gasteiger partial charge in [0.2, 0.25) is 0 Å². The van der Waals surface area contributed by atoms with E-state index in [2.05, 4.69) is 54.8 Å². The molecule has 5 nitrogen and oxygen atoms in total. The molecule has 0 aliphatic heterocycles. The van der Waals surface area contributed by atoms with Crippen LogP contribution in [0.25, 0.3) is 10.2 Å². The van der Waals surface area contributed by atoms with Gasteiger partial charge in [-0.05, 0) is 68.7 Å². The van der Waals surface area contributed by atoms with Gasteiger partial charge in [-0.1, -0.05) is 38.2 Å². The molecule has 0 aliphatic rings. The van der Waals surface area contributed by atoms with Gasteiger partial charge in [0.25, 0.3) is 0 Å². The summed E-state index contributed by atoms with van der Waals surface area (Å²) in [4.78, 5) is 9.77. The van der Waals surface area contributed by atoms with Crippen LogP contribution in [-0.2, 0) is 6.42 Å². The average Bonchev–Trinajstić information content (AvgIpc) is 3.23. The Morgan fingerprint density at radius 1 is 0.871 bits per heavy atom. The van der Waals surface area contributed by atoms with Crippen molar-refractivity contribution in [3.8, 4) is 11.5 Å². The van der Waals surface area contributed by atoms with E-state index in [-0.39, 0.29) is 0 Å². The quantitative estimate of drug-likeness (QED) is 0.316. The molecule has 1 heterocycles. The van der Waals surface area contributed by atoms with Crippen molar-refractivity contribution in [2.24, 2.45) is 0 Å². The molecule has 1 aromatic heterocycles. The summed E-state index contributed by atoms with van der Waals surface area (Å²) in [6.45, 7) is 10.9. The second-order valence-corrected chi connectivity index (χ2v) is 8.59. The van der Waals surface area contributed by atoms with E-state index in [1.807, 2.05) is 12.1 Å². The van der Waals surface area contributed by atoms with Gasteiger partial charge in [-0.25, -0.2) is 4.98 Å². The second kappa shape index (κ2) is 11.3. The first kappa shape index (κ1) is 23.4. The zero-order chi connectivity index (χ0) is 22.2. The number of nitrogens with zero attached hydrogens (tertiary/aromatic N) is 3. The summed E-state index contributed by atoms with van der Waals surface area (Å²) >= 11 is 1.76. The van der Waals surface area contributed by atoms with Crippen molar-refractivity contribution in [3.05, 3.63) is 42.0 Å². The molecule has 0 unspecified atom stereocenters. The molecule has 0 bridgehead atoms. The zero-order valence-corrected chi connectivity index (χ0v) is 20.3. The van der Waals surface area contributed by atoms with Gasteiger partial charge in [-0.2, -0.15) is 0 Å². The van der Waals surface area contributed by atoms with Crippen LogP contribution in [-0.4, -0.2) is 50.3 Å². The molecule has 0 saturated carbocycles. The van der Waals surface area contributed by atoms with Crippen LogP contribution in [0.5, 0.6) is 11.5 Å². The number of unbranched alkanes of at least 4 members (excludes halogenated alkanes) is 1. The molecule has 0 aliphatic carbocycles. The Labute approximate surface area is 190 Å². The third-order valence-electron chi connectivity index (χ3n) is 5.76. The minimum atomic E-state index is 0.738. The molecule has 2 aromatic carbocycles. The van der Waals surface area contributed by atoms with Crippen LogP contribution in [0.15, 0.2) is 36.4 Å². The summed E-state index contributed by atoms with van der Waals surface area (Å²) in [5.74, 6) is 1.48. The van der Waals surface area contributed by atoms with Crippen LogP contribution in [0.4, 0.5) is 10.8 Å². The number of ether oxygens (including phenoxy) is 2. The van der Waals surface area contributed by atoms with Crippen LogP contribution in [0.3, 0.4) is 0 Å². The molecule has 31 heavy (non-hydrogen) atoms. The number of benzene rings is 2. The van der Waals surface area contributed by atoms with Gasteiger partial charge >= 0.3 is 0 Å². The minimum absolute atomic E-state index is 0.738. The van der Waals surface area contributed by atoms with E-state index < -0.39 is 0 Å². The highest BCUT2D eigenvalue weighted by atomic mass is 32.1. The van der Waals surface area contributed by atoms with Crippen LogP contribution >= 0.6 is 11.3 Å². The normalized spacial score (nSPS) is 11.3. The molecule has 3 aromatic rings. The topological polar surface area (TPSA) is 37.8 Å². The van der Waals surface area contributed by atoms with Gasteiger partial charge in [0.1, 0.15) is 0 Å². The van der Waals surface area contributed by atoms with Gasteiger partial charge in [0, 0.05) is 18.3 Å². The fraction of sp³-hybridized carbons (Fsp3) is 0.480. The smallest absolute Gasteiger partial charge is 0.190 e. The lowest BCUT2D eigenvalue weighted by atomic mass is 10.2. The molecule has 168 valence electrons. The molecule has 3 rings (SSSR count). The molecular formula is C25H35N3O2S. The SMILES string of the molecule is CCc1ccc2nc(N(CCCCN(CC)CC)c3ccc(OC)c(OC)c3)sc2c1. The Morgan fingerprint density at radius 2 is 1.61 bits per heavy atom. The molecule has 0 fully saturated rings. The summed E-state index contributed by atoms with van der Waals surface area (Å²) in [6, 6.07) is 12.7. The first-order valence-electron chi connectivity index (χ1n) is 11.2. The van der Waals surface area contributed by atoms with E-state index in [1.165, 1.54) is 10.3 Å². The predicted octanol–water partition coefficient (Wildman–Crippen LogP) is 6.14. The van der Waals surface area contributed by atoms with E-state index in [9.17, 15) is 0 Å². The lowest BCUT2D eigenvalue weighted by Gasteiger charge is -2.24. The third kappa shape index (κ3) is 5.69. The standard InChI is InChI=1S/C25H35N3O2S/c1-6-19-11-13-21-24(17-19)31-25(26-21)28(16-10-9-15-27(7-2)8-3)20-12-14-22(29-4)23(18-20)30-5/h11-14,17-18H,6-10,15-16H2,1-5H3. The van der Waals surface area contributed by atoms with E-state index in [4.69, 9.17) is 14.5 Å². The van der Waals surface area contributed by atoms with Crippen molar-refractivity contribution in [2.45, 2.75) is 40.0 Å². The van der Waals surface area contributed by atoms with Crippen LogP contribution in [0.1, 0.15) is 39.2 Å². The zero-order valence-electron chi connectivity index (χ0n) is 19.5. The Balaban J connectivity index is 1.89. The summed E-state index contributed by atoms with van der Waals surface area (Å²) in [5, 5.41) is 1.03. The number of aryl methyl sites for hydroxylation is 1. The number of anilines is 2. The fourth-order valence-electron chi connectivity index (χ4n) is 3.77. The summed E-state index contributed by atoms with van der Waals surface area (Å²) in [7, 11) is 3.35. The highest BCUT2D eigenvalue weighted by Crippen LogP contribution is 2.38. The summed E-state index contributed by atoms with van der Waals surface area (Å²) in [5.41, 5.74) is 3.49. The number of thiazole rings is 1. The molecular weight excluding hydrogens is 406 g/mol. The molecule has 0 radical (unpaired) electrons. The number of rotatable bonds is 12. The monoisotopic (exact) mass is 441 g/mol. The van der Waals surface area contributed by atoms with E-state index >= 15 is 0 Å². The van der Waals surface area contributed by atoms with Crippen molar-refractivity contribution in [1.29, 1.82) is 0 Å². The van der Waals surface area contributed by atoms with Crippen LogP contribution in [0, 0.1) is 0 Å². The van der Waals surface area contributed by atoms with Crippen molar-refractivity contribution in [3.63, 3.8) is 0 Å². The Bertz CT molecular complexity index is 969. The van der Waals surface area contributed by atoms with Crippen molar-refractivity contribution < 1.29 is 9.47 Å². The maximum absolute atomic E-state index is 5.56. The van der Waals surface area contributed by atoms with Crippen molar-refractivity contribution in [1.82, 2.24) is 9.88 Å². The molecule has 0 atom stereocenters. The highest BCUT2D eigenvalue weighted by Gasteiger charge is 2.17. The van der Waals surface area contributed by atoms with E-state index in [1.54, 1.807) is 25.6 Å². The van der Waals surface area contributed by atoms with Gasteiger partial charge in [-0.15, -0.1) is 0 Å². The molecule has 0 N–H and O–H groups in total. The van der Waals surface area contributed by atoms with E-state index in [0.29, 0.717) is 0 Å². The summed E-state index contributed by atoms with van der Waals surface area (Å²) in [6.07, 6.45) is 3.30. The second-order valence-electron chi connectivity index (χ2n) is 7.58. The molecule has 6 heteroatoms. The Morgan fingerprint density at radius 3 is 2.29 bits per heavy atom. The number of hydrogen-bond acceptors (Lipinski definition) is 6. The summed E-state index contributed by atoms with van der Waals surface area (Å²) < 4.78 is 12.2. The molecule has 0 saturated heterocycles. The van der Waals surface area contributed by atoms with Gasteiger partial charge in [0.15, 0.2) is 16.6 Å². The first-order chi connectivity index (χ1) is 15.1. The Kier molecular flexibility index (Phi) is 8.55. The maximum Gasteiger partial charge on any atom is 0.190 e. The molecule has 0 spiro atoms. The number of methoxy groups -OCH3 is 2. The number of hydrogen-bond donors (Lipinski definition) is 0. The fourth-order valence-corrected chi connectivity index (χ4v) is 4.84. The van der Waals surface area contributed by atoms with Gasteiger partial charge in [0.05, 0.1) is 24.4 Å². The first-order valence-corrected chi connectivity index (χ1v) is 12.1. The lowest BCUT2D eigenvalue weighted by molar-refractivity contribution is 0.297. The van der Waals surface area contributed by atoms with Crippen molar-refractivity contribution in [2.75, 3.05) is 45.3 Å². The third-order valence-corrected chi connectivity index (χ3v) is 6.80. The number of aromatic nitrogens is 1. The van der Waals surface area contributed by atoms with E-state index in [0.717, 1.165) is 73.3 Å². The highest BCUT2D eigenvalue weighted by molar-refractivity contribution is 7.22. The Hall–Kier alpha value is -2.31. The van der Waals surface area contributed by atoms with Crippen LogP contribution in [0.2, 0.25) is 0 Å². The van der Waals surface area contributed by atoms with Crippen molar-refractivity contribution >= 4 is 32.4 Å². The number of fused-ring (bicyclic) bond motifs is 1. The molecule has 0 amide bonds. The minimum Gasteiger partial charge on any atom is -0.493 e. The van der Waals surface area contributed by atoms with Gasteiger partial charge in [-0.3, -0.25) is 0 Å². The van der Waals surface area contributed by atoms with Crippen LogP contribution < -0.4 is 14.4 Å². The largest absolute Gasteiger partial charge is 0.493 e.